The lowest BCUT2D eigenvalue weighted by molar-refractivity contribution is 0.0705. The van der Waals surface area contributed by atoms with Crippen LogP contribution in [0.3, 0.4) is 0 Å². The number of nitrogens with zero attached hydrogens (tertiary/aromatic N) is 5. The Hall–Kier alpha value is -3.35. The van der Waals surface area contributed by atoms with Crippen LogP contribution in [-0.4, -0.2) is 52.9 Å². The molecular weight excluding hydrogens is 393 g/mol. The first-order valence-electron chi connectivity index (χ1n) is 10.4. The molecule has 0 N–H and O–H groups in total. The predicted octanol–water partition coefficient (Wildman–Crippen LogP) is 4.07. The Labute approximate surface area is 181 Å². The van der Waals surface area contributed by atoms with Gasteiger partial charge in [-0.2, -0.15) is 0 Å². The fourth-order valence-corrected chi connectivity index (χ4v) is 3.83. The van der Waals surface area contributed by atoms with Crippen molar-refractivity contribution in [1.82, 2.24) is 19.9 Å². The summed E-state index contributed by atoms with van der Waals surface area (Å²) in [4.78, 5) is 30.4. The van der Waals surface area contributed by atoms with Crippen molar-refractivity contribution in [1.29, 1.82) is 0 Å². The molecule has 1 saturated heterocycles. The minimum absolute atomic E-state index is 0.0881. The number of aryl methyl sites for hydroxylation is 1. The summed E-state index contributed by atoms with van der Waals surface area (Å²) in [6, 6.07) is 10.5. The Morgan fingerprint density at radius 3 is 2.74 bits per heavy atom. The number of rotatable bonds is 4. The molecule has 31 heavy (non-hydrogen) atoms. The number of amides is 1. The van der Waals surface area contributed by atoms with E-state index in [4.69, 9.17) is 4.98 Å². The Morgan fingerprint density at radius 1 is 1.19 bits per heavy atom. The van der Waals surface area contributed by atoms with E-state index in [0.717, 1.165) is 29.9 Å². The van der Waals surface area contributed by atoms with Crippen molar-refractivity contribution >= 4 is 11.7 Å². The maximum Gasteiger partial charge on any atom is 0.253 e. The molecule has 1 aliphatic rings. The van der Waals surface area contributed by atoms with Crippen LogP contribution in [0.4, 0.5) is 10.2 Å². The van der Waals surface area contributed by atoms with Crippen LogP contribution in [0.5, 0.6) is 0 Å². The third-order valence-electron chi connectivity index (χ3n) is 5.66. The summed E-state index contributed by atoms with van der Waals surface area (Å²) < 4.78 is 14.0. The van der Waals surface area contributed by atoms with Gasteiger partial charge in [-0.1, -0.05) is 6.07 Å². The van der Waals surface area contributed by atoms with Crippen molar-refractivity contribution in [3.05, 3.63) is 71.4 Å². The molecule has 0 bridgehead atoms. The first-order chi connectivity index (χ1) is 14.9. The van der Waals surface area contributed by atoms with Gasteiger partial charge in [0.05, 0.1) is 5.69 Å². The molecule has 0 unspecified atom stereocenters. The quantitative estimate of drug-likeness (QED) is 0.638. The first kappa shape index (κ1) is 20.9. The number of carbonyl (C=O) groups is 1. The second-order valence-corrected chi connectivity index (χ2v) is 8.17. The molecule has 3 heterocycles. The summed E-state index contributed by atoms with van der Waals surface area (Å²) in [5, 5.41) is 0. The second kappa shape index (κ2) is 8.79. The second-order valence-electron chi connectivity index (χ2n) is 8.17. The Balaban J connectivity index is 1.62. The summed E-state index contributed by atoms with van der Waals surface area (Å²) in [5.74, 6) is 1.03. The molecule has 1 fully saturated rings. The maximum absolute atomic E-state index is 14.0. The average molecular weight is 420 g/mol. The van der Waals surface area contributed by atoms with Crippen LogP contribution in [0.2, 0.25) is 0 Å². The Bertz CT molecular complexity index is 1090. The maximum atomic E-state index is 14.0. The number of hydrogen-bond donors (Lipinski definition) is 0. The van der Waals surface area contributed by atoms with Crippen molar-refractivity contribution in [3.63, 3.8) is 0 Å². The molecule has 7 heteroatoms. The van der Waals surface area contributed by atoms with Crippen LogP contribution < -0.4 is 4.90 Å². The van der Waals surface area contributed by atoms with Crippen LogP contribution >= 0.6 is 0 Å². The van der Waals surface area contributed by atoms with Gasteiger partial charge in [-0.3, -0.25) is 9.78 Å². The number of hydrogen-bond acceptors (Lipinski definition) is 5. The zero-order valence-corrected chi connectivity index (χ0v) is 18.0. The van der Waals surface area contributed by atoms with Gasteiger partial charge in [-0.05, 0) is 49.6 Å². The van der Waals surface area contributed by atoms with E-state index in [1.54, 1.807) is 36.4 Å². The van der Waals surface area contributed by atoms with E-state index in [0.29, 0.717) is 30.0 Å². The molecule has 2 aromatic heterocycles. The number of carbonyl (C=O) groups excluding carboxylic acids is 1. The Morgan fingerprint density at radius 2 is 2.03 bits per heavy atom. The van der Waals surface area contributed by atoms with Crippen LogP contribution in [0.1, 0.15) is 40.4 Å². The minimum Gasteiger partial charge on any atom is -0.363 e. The molecule has 0 radical (unpaired) electrons. The fraction of sp³-hybridized carbons (Fsp3) is 0.333. The standard InChI is InChI=1S/C24H26FN5O/c1-16-8-9-17(12-20(16)25)24(31)30-11-5-7-19(15-30)21-13-22(29(2)3)28-23(27-21)18-6-4-10-26-14-18/h4,6,8-10,12-14,19H,5,7,11,15H2,1-3H3/t19-/m1/s1. The molecule has 0 spiro atoms. The number of benzene rings is 1. The molecule has 160 valence electrons. The van der Waals surface area contributed by atoms with Gasteiger partial charge < -0.3 is 9.80 Å². The molecule has 6 nitrogen and oxygen atoms in total. The van der Waals surface area contributed by atoms with Crippen molar-refractivity contribution in [3.8, 4) is 11.4 Å². The third-order valence-corrected chi connectivity index (χ3v) is 5.66. The summed E-state index contributed by atoms with van der Waals surface area (Å²) in [7, 11) is 3.89. The topological polar surface area (TPSA) is 62.2 Å². The van der Waals surface area contributed by atoms with E-state index in [1.165, 1.54) is 6.07 Å². The fourth-order valence-electron chi connectivity index (χ4n) is 3.83. The van der Waals surface area contributed by atoms with Crippen molar-refractivity contribution in [2.45, 2.75) is 25.7 Å². The van der Waals surface area contributed by atoms with E-state index >= 15 is 0 Å². The normalized spacial score (nSPS) is 16.3. The van der Waals surface area contributed by atoms with Crippen molar-refractivity contribution in [2.75, 3.05) is 32.1 Å². The smallest absolute Gasteiger partial charge is 0.253 e. The van der Waals surface area contributed by atoms with Gasteiger partial charge in [-0.25, -0.2) is 14.4 Å². The average Bonchev–Trinajstić information content (AvgIpc) is 2.80. The summed E-state index contributed by atoms with van der Waals surface area (Å²) in [6.07, 6.45) is 5.27. The number of aromatic nitrogens is 3. The molecule has 1 aliphatic heterocycles. The molecule has 1 atom stereocenters. The third kappa shape index (κ3) is 4.55. The molecule has 3 aromatic rings. The highest BCUT2D eigenvalue weighted by atomic mass is 19.1. The SMILES string of the molecule is Cc1ccc(C(=O)N2CCC[C@@H](c3cc(N(C)C)nc(-c4cccnc4)n3)C2)cc1F. The van der Waals surface area contributed by atoms with Crippen LogP contribution in [0.25, 0.3) is 11.4 Å². The number of anilines is 1. The van der Waals surface area contributed by atoms with Gasteiger partial charge in [0.25, 0.3) is 5.91 Å². The number of piperidine rings is 1. The molecule has 0 saturated carbocycles. The highest BCUT2D eigenvalue weighted by Gasteiger charge is 2.27. The van der Waals surface area contributed by atoms with E-state index in [2.05, 4.69) is 9.97 Å². The summed E-state index contributed by atoms with van der Waals surface area (Å²) in [5.41, 5.74) is 2.68. The summed E-state index contributed by atoms with van der Waals surface area (Å²) >= 11 is 0. The first-order valence-corrected chi connectivity index (χ1v) is 10.4. The zero-order chi connectivity index (χ0) is 22.0. The van der Waals surface area contributed by atoms with Gasteiger partial charge in [0, 0.05) is 62.7 Å². The van der Waals surface area contributed by atoms with Crippen LogP contribution in [0.15, 0.2) is 48.8 Å². The Kier molecular flexibility index (Phi) is 5.93. The lowest BCUT2D eigenvalue weighted by atomic mass is 9.93. The van der Waals surface area contributed by atoms with E-state index < -0.39 is 0 Å². The molecule has 1 amide bonds. The zero-order valence-electron chi connectivity index (χ0n) is 18.0. The van der Waals surface area contributed by atoms with Gasteiger partial charge in [0.2, 0.25) is 0 Å². The van der Waals surface area contributed by atoms with E-state index in [9.17, 15) is 9.18 Å². The van der Waals surface area contributed by atoms with Crippen molar-refractivity contribution < 1.29 is 9.18 Å². The molecule has 1 aromatic carbocycles. The van der Waals surface area contributed by atoms with Crippen molar-refractivity contribution in [2.24, 2.45) is 0 Å². The number of halogens is 1. The lowest BCUT2D eigenvalue weighted by Gasteiger charge is -2.33. The van der Waals surface area contributed by atoms with Gasteiger partial charge in [0.15, 0.2) is 5.82 Å². The van der Waals surface area contributed by atoms with Gasteiger partial charge in [-0.15, -0.1) is 0 Å². The highest BCUT2D eigenvalue weighted by molar-refractivity contribution is 5.94. The monoisotopic (exact) mass is 419 g/mol. The summed E-state index contributed by atoms with van der Waals surface area (Å²) in [6.45, 7) is 2.90. The number of pyridine rings is 1. The largest absolute Gasteiger partial charge is 0.363 e. The predicted molar refractivity (Wildman–Crippen MR) is 119 cm³/mol. The number of likely N-dealkylation sites (tertiary alicyclic amines) is 1. The van der Waals surface area contributed by atoms with Crippen LogP contribution in [0, 0.1) is 12.7 Å². The molecule has 4 rings (SSSR count). The molecule has 0 aliphatic carbocycles. The van der Waals surface area contributed by atoms with Gasteiger partial charge >= 0.3 is 0 Å². The molecular formula is C24H26FN5O. The highest BCUT2D eigenvalue weighted by Crippen LogP contribution is 2.30. The van der Waals surface area contributed by atoms with E-state index in [-0.39, 0.29) is 17.6 Å². The van der Waals surface area contributed by atoms with Gasteiger partial charge in [0.1, 0.15) is 11.6 Å². The lowest BCUT2D eigenvalue weighted by Crippen LogP contribution is -2.39. The van der Waals surface area contributed by atoms with Crippen LogP contribution in [-0.2, 0) is 0 Å². The van der Waals surface area contributed by atoms with E-state index in [1.807, 2.05) is 37.2 Å². The minimum atomic E-state index is -0.355.